The molecule has 0 radical (unpaired) electrons. The van der Waals surface area contributed by atoms with Crippen molar-refractivity contribution >= 4 is 21.7 Å². The molecule has 0 aliphatic carbocycles. The van der Waals surface area contributed by atoms with Crippen molar-refractivity contribution in [3.63, 3.8) is 0 Å². The van der Waals surface area contributed by atoms with Crippen LogP contribution in [0, 0.1) is 0 Å². The molecule has 0 aromatic heterocycles. The second-order valence-corrected chi connectivity index (χ2v) is 7.61. The number of para-hydroxylation sites is 1. The highest BCUT2D eigenvalue weighted by atomic mass is 32.2. The van der Waals surface area contributed by atoms with Crippen LogP contribution in [-0.4, -0.2) is 55.8 Å². The van der Waals surface area contributed by atoms with E-state index >= 15 is 0 Å². The van der Waals surface area contributed by atoms with Crippen LogP contribution in [0.4, 0.5) is 0 Å². The van der Waals surface area contributed by atoms with E-state index in [0.717, 1.165) is 0 Å². The number of hydrogen-bond donors (Lipinski definition) is 1. The highest BCUT2D eigenvalue weighted by Gasteiger charge is 2.34. The quantitative estimate of drug-likeness (QED) is 0.796. The van der Waals surface area contributed by atoms with E-state index in [9.17, 15) is 18.0 Å². The first-order valence-electron chi connectivity index (χ1n) is 7.35. The molecule has 1 aromatic rings. The van der Waals surface area contributed by atoms with E-state index in [-0.39, 0.29) is 41.4 Å². The third-order valence-electron chi connectivity index (χ3n) is 3.81. The lowest BCUT2D eigenvalue weighted by molar-refractivity contribution is -0.135. The fourth-order valence-corrected chi connectivity index (χ4v) is 4.41. The molecule has 1 atom stereocenters. The van der Waals surface area contributed by atoms with Crippen LogP contribution in [-0.2, 0) is 14.6 Å². The number of amides is 2. The second kappa shape index (κ2) is 6.99. The van der Waals surface area contributed by atoms with Crippen molar-refractivity contribution in [3.05, 3.63) is 29.8 Å². The molecule has 1 aromatic carbocycles. The normalized spacial score (nSPS) is 19.3. The van der Waals surface area contributed by atoms with Crippen molar-refractivity contribution in [3.8, 4) is 5.75 Å². The van der Waals surface area contributed by atoms with Gasteiger partial charge in [0.15, 0.2) is 16.4 Å². The van der Waals surface area contributed by atoms with Crippen LogP contribution in [0.25, 0.3) is 0 Å². The third-order valence-corrected chi connectivity index (χ3v) is 5.56. The third kappa shape index (κ3) is 4.22. The summed E-state index contributed by atoms with van der Waals surface area (Å²) >= 11 is 0. The van der Waals surface area contributed by atoms with Gasteiger partial charge in [-0.1, -0.05) is 12.1 Å². The van der Waals surface area contributed by atoms with Crippen LogP contribution in [0.2, 0.25) is 0 Å². The number of primary amides is 1. The Balaban J connectivity index is 2.02. The van der Waals surface area contributed by atoms with Gasteiger partial charge in [-0.15, -0.1) is 0 Å². The highest BCUT2D eigenvalue weighted by Crippen LogP contribution is 2.20. The number of carbonyl (C=O) groups excluding carboxylic acids is 2. The van der Waals surface area contributed by atoms with Gasteiger partial charge in [0.2, 0.25) is 0 Å². The van der Waals surface area contributed by atoms with Gasteiger partial charge in [0.05, 0.1) is 17.1 Å². The summed E-state index contributed by atoms with van der Waals surface area (Å²) < 4.78 is 28.5. The second-order valence-electron chi connectivity index (χ2n) is 5.39. The molecule has 2 amide bonds. The summed E-state index contributed by atoms with van der Waals surface area (Å²) in [5.74, 6) is -0.614. The van der Waals surface area contributed by atoms with Crippen molar-refractivity contribution < 1.29 is 22.7 Å². The van der Waals surface area contributed by atoms with Crippen molar-refractivity contribution in [2.24, 2.45) is 5.73 Å². The zero-order valence-electron chi connectivity index (χ0n) is 12.9. The number of sulfone groups is 1. The SMILES string of the molecule is CCN(C(=O)COc1ccccc1C(N)=O)[C@@H]1CCS(=O)(=O)C1. The molecule has 0 bridgehead atoms. The Morgan fingerprint density at radius 1 is 1.35 bits per heavy atom. The van der Waals surface area contributed by atoms with Gasteiger partial charge in [0, 0.05) is 12.6 Å². The number of ether oxygens (including phenoxy) is 1. The van der Waals surface area contributed by atoms with Gasteiger partial charge in [-0.25, -0.2) is 8.42 Å². The summed E-state index contributed by atoms with van der Waals surface area (Å²) in [7, 11) is -3.07. The van der Waals surface area contributed by atoms with Crippen LogP contribution in [0.15, 0.2) is 24.3 Å². The number of benzene rings is 1. The molecule has 2 rings (SSSR count). The fraction of sp³-hybridized carbons (Fsp3) is 0.467. The zero-order valence-corrected chi connectivity index (χ0v) is 13.7. The number of likely N-dealkylation sites (N-methyl/N-ethyl adjacent to an activating group) is 1. The molecule has 0 unspecified atom stereocenters. The molecule has 23 heavy (non-hydrogen) atoms. The van der Waals surface area contributed by atoms with Crippen molar-refractivity contribution in [2.45, 2.75) is 19.4 Å². The zero-order chi connectivity index (χ0) is 17.0. The van der Waals surface area contributed by atoms with Crippen LogP contribution < -0.4 is 10.5 Å². The lowest BCUT2D eigenvalue weighted by atomic mass is 10.2. The minimum atomic E-state index is -3.07. The molecule has 1 fully saturated rings. The van der Waals surface area contributed by atoms with Gasteiger partial charge in [0.25, 0.3) is 11.8 Å². The molecule has 1 heterocycles. The summed E-state index contributed by atoms with van der Waals surface area (Å²) in [6.45, 7) is 1.93. The lowest BCUT2D eigenvalue weighted by Gasteiger charge is -2.26. The van der Waals surface area contributed by atoms with Crippen molar-refractivity contribution in [1.29, 1.82) is 0 Å². The van der Waals surface area contributed by atoms with Crippen LogP contribution in [0.3, 0.4) is 0 Å². The predicted molar refractivity (Wildman–Crippen MR) is 84.9 cm³/mol. The first-order valence-corrected chi connectivity index (χ1v) is 9.17. The van der Waals surface area contributed by atoms with Crippen LogP contribution in [0.1, 0.15) is 23.7 Å². The predicted octanol–water partition coefficient (Wildman–Crippen LogP) is 0.200. The number of rotatable bonds is 6. The minimum Gasteiger partial charge on any atom is -0.483 e. The summed E-state index contributed by atoms with van der Waals surface area (Å²) in [6, 6.07) is 6.09. The minimum absolute atomic E-state index is 0.00947. The summed E-state index contributed by atoms with van der Waals surface area (Å²) in [6.07, 6.45) is 0.444. The van der Waals surface area contributed by atoms with Gasteiger partial charge >= 0.3 is 0 Å². The van der Waals surface area contributed by atoms with E-state index in [2.05, 4.69) is 0 Å². The van der Waals surface area contributed by atoms with E-state index in [1.807, 2.05) is 0 Å². The first-order chi connectivity index (χ1) is 10.8. The Labute approximate surface area is 135 Å². The number of hydrogen-bond acceptors (Lipinski definition) is 5. The standard InChI is InChI=1S/C15H20N2O5S/c1-2-17(11-7-8-23(20,21)10-11)14(18)9-22-13-6-4-3-5-12(13)15(16)19/h3-6,11H,2,7-10H2,1H3,(H2,16,19)/t11-/m1/s1. The molecule has 2 N–H and O–H groups in total. The van der Waals surface area contributed by atoms with E-state index in [0.29, 0.717) is 13.0 Å². The van der Waals surface area contributed by atoms with E-state index < -0.39 is 15.7 Å². The summed E-state index contributed by atoms with van der Waals surface area (Å²) in [5.41, 5.74) is 5.46. The Morgan fingerprint density at radius 3 is 2.61 bits per heavy atom. The Morgan fingerprint density at radius 2 is 2.04 bits per heavy atom. The molecule has 1 aliphatic heterocycles. The maximum absolute atomic E-state index is 12.3. The molecule has 126 valence electrons. The van der Waals surface area contributed by atoms with Gasteiger partial charge in [-0.2, -0.15) is 0 Å². The maximum atomic E-state index is 12.3. The molecular weight excluding hydrogens is 320 g/mol. The van der Waals surface area contributed by atoms with E-state index in [1.165, 1.54) is 11.0 Å². The topological polar surface area (TPSA) is 107 Å². The van der Waals surface area contributed by atoms with Gasteiger partial charge in [-0.3, -0.25) is 9.59 Å². The molecule has 1 aliphatic rings. The Kier molecular flexibility index (Phi) is 5.25. The Hall–Kier alpha value is -2.09. The van der Waals surface area contributed by atoms with Crippen molar-refractivity contribution in [1.82, 2.24) is 4.90 Å². The smallest absolute Gasteiger partial charge is 0.260 e. The number of nitrogens with zero attached hydrogens (tertiary/aromatic N) is 1. The molecule has 1 saturated heterocycles. The molecule has 0 spiro atoms. The first kappa shape index (κ1) is 17.3. The molecule has 0 saturated carbocycles. The van der Waals surface area contributed by atoms with E-state index in [1.54, 1.807) is 25.1 Å². The summed E-state index contributed by atoms with van der Waals surface area (Å²) in [4.78, 5) is 25.1. The maximum Gasteiger partial charge on any atom is 0.260 e. The van der Waals surface area contributed by atoms with E-state index in [4.69, 9.17) is 10.5 Å². The van der Waals surface area contributed by atoms with Gasteiger partial charge in [0.1, 0.15) is 5.75 Å². The fourth-order valence-electron chi connectivity index (χ4n) is 2.68. The average molecular weight is 340 g/mol. The Bertz CT molecular complexity index is 702. The van der Waals surface area contributed by atoms with Gasteiger partial charge in [-0.05, 0) is 25.5 Å². The largest absolute Gasteiger partial charge is 0.483 e. The monoisotopic (exact) mass is 340 g/mol. The lowest BCUT2D eigenvalue weighted by Crippen LogP contribution is -2.43. The average Bonchev–Trinajstić information content (AvgIpc) is 2.86. The van der Waals surface area contributed by atoms with Crippen LogP contribution in [0.5, 0.6) is 5.75 Å². The molecule has 8 heteroatoms. The van der Waals surface area contributed by atoms with Crippen molar-refractivity contribution in [2.75, 3.05) is 24.7 Å². The number of nitrogens with two attached hydrogens (primary N) is 1. The summed E-state index contributed by atoms with van der Waals surface area (Å²) in [5, 5.41) is 0. The van der Waals surface area contributed by atoms with Crippen LogP contribution >= 0.6 is 0 Å². The van der Waals surface area contributed by atoms with Gasteiger partial charge < -0.3 is 15.4 Å². The molecule has 7 nitrogen and oxygen atoms in total. The highest BCUT2D eigenvalue weighted by molar-refractivity contribution is 7.91. The number of carbonyl (C=O) groups is 2. The molecular formula is C15H20N2O5S.